The van der Waals surface area contributed by atoms with Gasteiger partial charge >= 0.3 is 6.18 Å². The highest BCUT2D eigenvalue weighted by Gasteiger charge is 2.59. The van der Waals surface area contributed by atoms with Gasteiger partial charge in [-0.25, -0.2) is 0 Å². The van der Waals surface area contributed by atoms with Gasteiger partial charge in [0.1, 0.15) is 6.07 Å². The molecule has 0 aliphatic rings. The maximum atomic E-state index is 14.8. The van der Waals surface area contributed by atoms with Crippen LogP contribution in [0.3, 0.4) is 0 Å². The average molecular weight is 499 g/mol. The first-order chi connectivity index (χ1) is 17.3. The predicted molar refractivity (Wildman–Crippen MR) is 140 cm³/mol. The molecule has 1 unspecified atom stereocenters. The Kier molecular flexibility index (Phi) is 7.18. The van der Waals surface area contributed by atoms with Crippen molar-refractivity contribution < 1.29 is 18.3 Å². The Morgan fingerprint density at radius 3 is 1.33 bits per heavy atom. The van der Waals surface area contributed by atoms with E-state index >= 15 is 0 Å². The van der Waals surface area contributed by atoms with Crippen molar-refractivity contribution >= 4 is 28.1 Å². The van der Waals surface area contributed by atoms with Gasteiger partial charge in [-0.15, -0.1) is 0 Å². The molecule has 0 spiro atoms. The molecule has 0 amide bonds. The van der Waals surface area contributed by atoms with Crippen molar-refractivity contribution in [1.82, 2.24) is 0 Å². The molecule has 1 atom stereocenters. The summed E-state index contributed by atoms with van der Waals surface area (Å²) < 4.78 is 44.4. The molecule has 0 saturated heterocycles. The van der Waals surface area contributed by atoms with Crippen LogP contribution in [0.25, 0.3) is 0 Å². The molecule has 0 heterocycles. The Balaban J connectivity index is 2.26. The zero-order valence-corrected chi connectivity index (χ0v) is 19.9. The van der Waals surface area contributed by atoms with Crippen LogP contribution in [-0.4, -0.2) is 22.2 Å². The molecule has 0 aliphatic heterocycles. The van der Waals surface area contributed by atoms with E-state index in [9.17, 15) is 23.5 Å². The van der Waals surface area contributed by atoms with Crippen molar-refractivity contribution in [3.05, 3.63) is 127 Å². The standard InChI is InChI=1S/C30H21F3NOP/c31-30(32,33)29(35,22-21-24-13-5-1-6-14-24)28(23-34)36(25-15-7-2-8-16-25,26-17-9-3-10-18-26)27-19-11-4-12-20-27/h1-20,35H. The highest BCUT2D eigenvalue weighted by atomic mass is 31.2. The Hall–Kier alpha value is -4.02. The molecule has 0 aliphatic carbocycles. The van der Waals surface area contributed by atoms with E-state index in [2.05, 4.69) is 11.8 Å². The van der Waals surface area contributed by atoms with E-state index in [-0.39, 0.29) is 0 Å². The molecule has 178 valence electrons. The van der Waals surface area contributed by atoms with Crippen molar-refractivity contribution in [2.24, 2.45) is 0 Å². The van der Waals surface area contributed by atoms with E-state index in [1.54, 1.807) is 121 Å². The minimum atomic E-state index is -5.25. The smallest absolute Gasteiger partial charge is 0.366 e. The molecule has 0 bridgehead atoms. The van der Waals surface area contributed by atoms with Gasteiger partial charge in [-0.05, 0) is 40.9 Å². The lowest BCUT2D eigenvalue weighted by Gasteiger charge is -2.36. The highest BCUT2D eigenvalue weighted by Crippen LogP contribution is 2.50. The first-order valence-corrected chi connectivity index (χ1v) is 12.8. The number of nitrogens with zero attached hydrogens (tertiary/aromatic N) is 1. The summed E-state index contributed by atoms with van der Waals surface area (Å²) in [6.45, 7) is -3.52. The number of benzene rings is 4. The van der Waals surface area contributed by atoms with Gasteiger partial charge in [-0.2, -0.15) is 18.4 Å². The second-order valence-corrected chi connectivity index (χ2v) is 11.3. The van der Waals surface area contributed by atoms with Gasteiger partial charge in [0.05, 0.1) is 5.29 Å². The van der Waals surface area contributed by atoms with Gasteiger partial charge in [0.2, 0.25) is 0 Å². The third kappa shape index (κ3) is 4.48. The third-order valence-corrected chi connectivity index (χ3v) is 10.1. The van der Waals surface area contributed by atoms with Gasteiger partial charge in [0, 0.05) is 5.56 Å². The fourth-order valence-corrected chi connectivity index (χ4v) is 8.48. The van der Waals surface area contributed by atoms with Crippen molar-refractivity contribution in [2.75, 3.05) is 0 Å². The van der Waals surface area contributed by atoms with E-state index in [0.29, 0.717) is 21.5 Å². The van der Waals surface area contributed by atoms with Gasteiger partial charge < -0.3 is 5.11 Å². The number of alkyl halides is 3. The molecule has 4 aromatic carbocycles. The van der Waals surface area contributed by atoms with Crippen LogP contribution < -0.4 is 15.9 Å². The molecule has 0 radical (unpaired) electrons. The first kappa shape index (κ1) is 25.1. The molecule has 4 rings (SSSR count). The number of hydrogen-bond donors (Lipinski definition) is 1. The molecule has 0 aromatic heterocycles. The minimum Gasteiger partial charge on any atom is -0.366 e. The molecule has 4 aromatic rings. The van der Waals surface area contributed by atoms with Crippen molar-refractivity contribution in [3.63, 3.8) is 0 Å². The maximum absolute atomic E-state index is 14.8. The Bertz CT molecular complexity index is 1380. The van der Waals surface area contributed by atoms with E-state index in [1.165, 1.54) is 0 Å². The lowest BCUT2D eigenvalue weighted by Crippen LogP contribution is -2.53. The predicted octanol–water partition coefficient (Wildman–Crippen LogP) is 5.02. The average Bonchev–Trinajstić information content (AvgIpc) is 2.92. The summed E-state index contributed by atoms with van der Waals surface area (Å²) in [5, 5.41) is 22.7. The second-order valence-electron chi connectivity index (χ2n) is 7.96. The van der Waals surface area contributed by atoms with Crippen LogP contribution in [0.15, 0.2) is 121 Å². The van der Waals surface area contributed by atoms with Crippen LogP contribution in [0.1, 0.15) is 5.56 Å². The van der Waals surface area contributed by atoms with Crippen molar-refractivity contribution in [3.8, 4) is 17.9 Å². The Morgan fingerprint density at radius 1 is 0.639 bits per heavy atom. The van der Waals surface area contributed by atoms with Crippen molar-refractivity contribution in [1.29, 1.82) is 5.26 Å². The zero-order valence-electron chi connectivity index (χ0n) is 19.0. The second kappa shape index (κ2) is 10.3. The Morgan fingerprint density at radius 2 is 1.00 bits per heavy atom. The summed E-state index contributed by atoms with van der Waals surface area (Å²) in [5.74, 6) is 4.53. The van der Waals surface area contributed by atoms with Crippen molar-refractivity contribution in [2.45, 2.75) is 11.8 Å². The number of aliphatic hydroxyl groups is 1. The molecule has 2 nitrogen and oxygen atoms in total. The molecule has 0 fully saturated rings. The fourth-order valence-electron chi connectivity index (χ4n) is 4.14. The normalized spacial score (nSPS) is 13.0. The van der Waals surface area contributed by atoms with E-state index in [4.69, 9.17) is 0 Å². The van der Waals surface area contributed by atoms with Crippen LogP contribution in [-0.2, 0) is 0 Å². The number of nitriles is 1. The fraction of sp³-hybridized carbons (Fsp3) is 0.0667. The molecule has 1 N–H and O–H groups in total. The van der Waals surface area contributed by atoms with E-state index < -0.39 is 24.0 Å². The summed E-state index contributed by atoms with van der Waals surface area (Å²) in [7, 11) is 0. The first-order valence-electron chi connectivity index (χ1n) is 11.1. The van der Waals surface area contributed by atoms with Crippen LogP contribution in [0.4, 0.5) is 13.2 Å². The summed E-state index contributed by atoms with van der Waals surface area (Å²) in [5.41, 5.74) is -3.41. The SMILES string of the molecule is N#CC(C(O)(C#Cc1ccccc1)C(F)(F)F)=P(c1ccccc1)(c1ccccc1)c1ccccc1. The van der Waals surface area contributed by atoms with Gasteiger partial charge in [0.25, 0.3) is 5.60 Å². The molecular weight excluding hydrogens is 478 g/mol. The highest BCUT2D eigenvalue weighted by molar-refractivity contribution is 7.95. The van der Waals surface area contributed by atoms with E-state index in [0.717, 1.165) is 0 Å². The van der Waals surface area contributed by atoms with Crippen LogP contribution in [0, 0.1) is 23.2 Å². The quantitative estimate of drug-likeness (QED) is 0.317. The number of rotatable bonds is 4. The number of halogens is 3. The monoisotopic (exact) mass is 499 g/mol. The summed E-state index contributed by atoms with van der Waals surface area (Å²) >= 11 is 0. The van der Waals surface area contributed by atoms with Crippen LogP contribution >= 0.6 is 6.89 Å². The lowest BCUT2D eigenvalue weighted by molar-refractivity contribution is -0.207. The molecular formula is C30H21F3NOP. The molecule has 0 saturated carbocycles. The van der Waals surface area contributed by atoms with E-state index in [1.807, 2.05) is 6.07 Å². The minimum absolute atomic E-state index is 0.292. The topological polar surface area (TPSA) is 44.0 Å². The van der Waals surface area contributed by atoms with Crippen LogP contribution in [0.2, 0.25) is 0 Å². The number of hydrogen-bond acceptors (Lipinski definition) is 2. The summed E-state index contributed by atoms with van der Waals surface area (Å²) in [6.07, 6.45) is -5.25. The lowest BCUT2D eigenvalue weighted by atomic mass is 9.99. The largest absolute Gasteiger partial charge is 0.434 e. The summed E-state index contributed by atoms with van der Waals surface area (Å²) in [4.78, 5) is 0. The van der Waals surface area contributed by atoms with Gasteiger partial charge in [0.15, 0.2) is 0 Å². The maximum Gasteiger partial charge on any atom is 0.434 e. The zero-order chi connectivity index (χ0) is 25.7. The molecule has 36 heavy (non-hydrogen) atoms. The summed E-state index contributed by atoms with van der Waals surface area (Å²) in [6, 6.07) is 35.7. The van der Waals surface area contributed by atoms with Crippen LogP contribution in [0.5, 0.6) is 0 Å². The third-order valence-electron chi connectivity index (χ3n) is 5.79. The van der Waals surface area contributed by atoms with Gasteiger partial charge in [-0.1, -0.05) is 115 Å². The molecule has 6 heteroatoms. The van der Waals surface area contributed by atoms with Gasteiger partial charge in [-0.3, -0.25) is 0 Å². The Labute approximate surface area is 208 Å².